The number of thiol groups is 1. The van der Waals surface area contributed by atoms with Crippen LogP contribution in [0.2, 0.25) is 0 Å². The zero-order chi connectivity index (χ0) is 10.8. The molecule has 82 valence electrons. The first-order valence-corrected chi connectivity index (χ1v) is 5.21. The van der Waals surface area contributed by atoms with Crippen molar-refractivity contribution < 1.29 is 9.59 Å². The van der Waals surface area contributed by atoms with E-state index in [2.05, 4.69) is 23.3 Å². The summed E-state index contributed by atoms with van der Waals surface area (Å²) in [7, 11) is 0. The van der Waals surface area contributed by atoms with Gasteiger partial charge in [0.25, 0.3) is 0 Å². The molecule has 14 heavy (non-hydrogen) atoms. The highest BCUT2D eigenvalue weighted by Gasteiger charge is 1.95. The van der Waals surface area contributed by atoms with Crippen LogP contribution in [0.5, 0.6) is 0 Å². The maximum Gasteiger partial charge on any atom is 0.312 e. The average Bonchev–Trinajstić information content (AvgIpc) is 2.15. The summed E-state index contributed by atoms with van der Waals surface area (Å²) in [6, 6.07) is -0.492. The minimum absolute atomic E-state index is 0.0522. The monoisotopic (exact) mass is 219 g/mol. The van der Waals surface area contributed by atoms with Crippen LogP contribution >= 0.6 is 12.6 Å². The number of carbonyl (C=O) groups is 2. The summed E-state index contributed by atoms with van der Waals surface area (Å²) in [4.78, 5) is 21.0. The summed E-state index contributed by atoms with van der Waals surface area (Å²) >= 11 is 3.82. The Bertz CT molecular complexity index is 187. The number of amides is 3. The van der Waals surface area contributed by atoms with Gasteiger partial charge in [-0.25, -0.2) is 4.79 Å². The van der Waals surface area contributed by atoms with Gasteiger partial charge in [-0.1, -0.05) is 0 Å². The second-order valence-electron chi connectivity index (χ2n) is 2.86. The van der Waals surface area contributed by atoms with Gasteiger partial charge in [0.15, 0.2) is 0 Å². The molecule has 0 fully saturated rings. The maximum absolute atomic E-state index is 10.7. The molecule has 0 radical (unpaired) electrons. The van der Waals surface area contributed by atoms with Crippen molar-refractivity contribution >= 4 is 24.6 Å². The molecule has 0 saturated heterocycles. The molecule has 0 rings (SSSR count). The van der Waals surface area contributed by atoms with Gasteiger partial charge in [0.2, 0.25) is 5.91 Å². The van der Waals surface area contributed by atoms with Crippen molar-refractivity contribution in [1.82, 2.24) is 10.6 Å². The lowest BCUT2D eigenvalue weighted by Crippen LogP contribution is -2.30. The Labute approximate surface area is 89.2 Å². The van der Waals surface area contributed by atoms with E-state index < -0.39 is 6.03 Å². The molecule has 0 aliphatic carbocycles. The van der Waals surface area contributed by atoms with Crippen LogP contribution < -0.4 is 16.4 Å². The third kappa shape index (κ3) is 9.18. The van der Waals surface area contributed by atoms with Gasteiger partial charge < -0.3 is 16.4 Å². The number of unbranched alkanes of at least 4 members (excludes halogenated alkanes) is 2. The quantitative estimate of drug-likeness (QED) is 0.355. The summed E-state index contributed by atoms with van der Waals surface area (Å²) in [5.41, 5.74) is 4.88. The van der Waals surface area contributed by atoms with Crippen molar-refractivity contribution in [3.05, 3.63) is 0 Å². The molecule has 4 N–H and O–H groups in total. The number of hydrogen-bond acceptors (Lipinski definition) is 3. The van der Waals surface area contributed by atoms with Crippen LogP contribution in [0.4, 0.5) is 4.79 Å². The van der Waals surface area contributed by atoms with Crippen molar-refractivity contribution in [2.45, 2.75) is 19.3 Å². The molecule has 6 heteroatoms. The second-order valence-corrected chi connectivity index (χ2v) is 3.18. The average molecular weight is 219 g/mol. The van der Waals surface area contributed by atoms with Crippen molar-refractivity contribution in [2.24, 2.45) is 5.73 Å². The topological polar surface area (TPSA) is 84.2 Å². The summed E-state index contributed by atoms with van der Waals surface area (Å²) in [6.07, 6.45) is 2.73. The fraction of sp³-hybridized carbons (Fsp3) is 0.750. The minimum Gasteiger partial charge on any atom is -0.355 e. The molecule has 3 amide bonds. The van der Waals surface area contributed by atoms with E-state index >= 15 is 0 Å². The van der Waals surface area contributed by atoms with Crippen LogP contribution in [-0.4, -0.2) is 30.8 Å². The number of carbonyl (C=O) groups excluding carboxylic acids is 2. The van der Waals surface area contributed by atoms with E-state index in [4.69, 9.17) is 5.73 Å². The van der Waals surface area contributed by atoms with Crippen LogP contribution in [0, 0.1) is 0 Å². The Morgan fingerprint density at radius 1 is 1.07 bits per heavy atom. The summed E-state index contributed by atoms with van der Waals surface area (Å²) in [6.45, 7) is 1.26. The van der Waals surface area contributed by atoms with Gasteiger partial charge >= 0.3 is 6.03 Å². The van der Waals surface area contributed by atoms with Crippen LogP contribution in [0.25, 0.3) is 0 Å². The molecule has 0 saturated carbocycles. The van der Waals surface area contributed by atoms with Crippen molar-refractivity contribution in [3.63, 3.8) is 0 Å². The van der Waals surface area contributed by atoms with Crippen LogP contribution in [-0.2, 0) is 4.79 Å². The molecule has 0 aromatic heterocycles. The van der Waals surface area contributed by atoms with Crippen LogP contribution in [0.1, 0.15) is 19.3 Å². The van der Waals surface area contributed by atoms with Gasteiger partial charge in [-0.2, -0.15) is 12.6 Å². The largest absolute Gasteiger partial charge is 0.355 e. The molecule has 0 aliphatic rings. The highest BCUT2D eigenvalue weighted by Crippen LogP contribution is 1.92. The van der Waals surface area contributed by atoms with Gasteiger partial charge in [-0.3, -0.25) is 4.79 Å². The lowest BCUT2D eigenvalue weighted by atomic mass is 10.2. The van der Waals surface area contributed by atoms with Gasteiger partial charge in [-0.15, -0.1) is 0 Å². The summed E-state index contributed by atoms with van der Waals surface area (Å²) < 4.78 is 0. The van der Waals surface area contributed by atoms with Crippen molar-refractivity contribution in [3.8, 4) is 0 Å². The fourth-order valence-electron chi connectivity index (χ4n) is 0.922. The molecule has 5 nitrogen and oxygen atoms in total. The molecular weight excluding hydrogens is 202 g/mol. The molecule has 0 aromatic carbocycles. The van der Waals surface area contributed by atoms with Gasteiger partial charge in [0.1, 0.15) is 0 Å². The first kappa shape index (κ1) is 13.1. The third-order valence-electron chi connectivity index (χ3n) is 1.62. The Kier molecular flexibility index (Phi) is 8.11. The van der Waals surface area contributed by atoms with E-state index in [0.29, 0.717) is 13.1 Å². The lowest BCUT2D eigenvalue weighted by Gasteiger charge is -2.03. The highest BCUT2D eigenvalue weighted by molar-refractivity contribution is 7.81. The van der Waals surface area contributed by atoms with E-state index in [1.165, 1.54) is 0 Å². The Morgan fingerprint density at radius 2 is 1.64 bits per heavy atom. The maximum atomic E-state index is 10.7. The van der Waals surface area contributed by atoms with E-state index in [0.717, 1.165) is 19.3 Å². The van der Waals surface area contributed by atoms with Gasteiger partial charge in [0, 0.05) is 13.1 Å². The van der Waals surface area contributed by atoms with E-state index in [9.17, 15) is 9.59 Å². The second kappa shape index (κ2) is 8.68. The predicted molar refractivity (Wildman–Crippen MR) is 58.3 cm³/mol. The van der Waals surface area contributed by atoms with Gasteiger partial charge in [-0.05, 0) is 19.3 Å². The molecule has 0 atom stereocenters. The van der Waals surface area contributed by atoms with E-state index in [1.54, 1.807) is 0 Å². The lowest BCUT2D eigenvalue weighted by molar-refractivity contribution is -0.118. The SMILES string of the molecule is NC(=O)NCCCCCNC(=O)CS. The minimum atomic E-state index is -0.492. The third-order valence-corrected chi connectivity index (χ3v) is 1.91. The first-order valence-electron chi connectivity index (χ1n) is 4.57. The van der Waals surface area contributed by atoms with Crippen molar-refractivity contribution in [1.29, 1.82) is 0 Å². The summed E-state index contributed by atoms with van der Waals surface area (Å²) in [5.74, 6) is 0.173. The molecule has 0 unspecified atom stereocenters. The molecular formula is C8H17N3O2S. The Balaban J connectivity index is 3.06. The Morgan fingerprint density at radius 3 is 2.14 bits per heavy atom. The number of urea groups is 1. The molecule has 0 aromatic rings. The fourth-order valence-corrected chi connectivity index (χ4v) is 1.03. The predicted octanol–water partition coefficient (Wildman–Crippen LogP) is -0.129. The number of primary amides is 1. The molecule has 0 spiro atoms. The number of rotatable bonds is 7. The molecule has 0 bridgehead atoms. The zero-order valence-electron chi connectivity index (χ0n) is 8.08. The number of nitrogens with two attached hydrogens (primary N) is 1. The smallest absolute Gasteiger partial charge is 0.312 e. The van der Waals surface area contributed by atoms with Crippen LogP contribution in [0.15, 0.2) is 0 Å². The number of nitrogens with one attached hydrogen (secondary N) is 2. The van der Waals surface area contributed by atoms with Crippen molar-refractivity contribution in [2.75, 3.05) is 18.8 Å². The normalized spacial score (nSPS) is 9.50. The highest BCUT2D eigenvalue weighted by atomic mass is 32.1. The number of hydrogen-bond donors (Lipinski definition) is 4. The standard InChI is InChI=1S/C8H17N3O2S/c9-8(13)11-5-3-1-2-4-10-7(12)6-14/h14H,1-6H2,(H,10,12)(H3,9,11,13). The molecule has 0 heterocycles. The van der Waals surface area contributed by atoms with Crippen LogP contribution in [0.3, 0.4) is 0 Å². The first-order chi connectivity index (χ1) is 6.66. The van der Waals surface area contributed by atoms with E-state index in [1.807, 2.05) is 0 Å². The summed E-state index contributed by atoms with van der Waals surface area (Å²) in [5, 5.41) is 5.20. The Hall–Kier alpha value is -0.910. The van der Waals surface area contributed by atoms with Gasteiger partial charge in [0.05, 0.1) is 5.75 Å². The zero-order valence-corrected chi connectivity index (χ0v) is 8.98. The molecule has 0 aliphatic heterocycles. The van der Waals surface area contributed by atoms with E-state index in [-0.39, 0.29) is 11.7 Å².